The topological polar surface area (TPSA) is 89.2 Å². The molecule has 1 fully saturated rings. The first kappa shape index (κ1) is 18.4. The van der Waals surface area contributed by atoms with Crippen molar-refractivity contribution in [3.8, 4) is 22.5 Å². The van der Waals surface area contributed by atoms with Crippen molar-refractivity contribution in [3.05, 3.63) is 54.1 Å². The molecule has 1 N–H and O–H groups in total. The Bertz CT molecular complexity index is 1210. The van der Waals surface area contributed by atoms with E-state index in [4.69, 9.17) is 0 Å². The number of rotatable bonds is 3. The van der Waals surface area contributed by atoms with Crippen LogP contribution in [-0.4, -0.2) is 42.8 Å². The number of carbonyl (C=O) groups excluding carboxylic acids is 3. The number of amides is 3. The van der Waals surface area contributed by atoms with Gasteiger partial charge in [-0.25, -0.2) is 4.98 Å². The van der Waals surface area contributed by atoms with E-state index in [1.807, 2.05) is 59.9 Å². The second-order valence-electron chi connectivity index (χ2n) is 7.89. The summed E-state index contributed by atoms with van der Waals surface area (Å²) in [5.41, 5.74) is 5.30. The molecule has 3 amide bonds. The minimum atomic E-state index is -0.610. The number of fused-ring (bicyclic) bond motifs is 1. The Labute approximate surface area is 173 Å². The zero-order valence-electron chi connectivity index (χ0n) is 16.8. The fourth-order valence-electron chi connectivity index (χ4n) is 4.35. The molecule has 0 bridgehead atoms. The maximum atomic E-state index is 12.9. The standard InChI is InChI=1S/C22H21N5O3/c1-25-8-7-14(10-25)20-19(23-12-26(20)2)13-3-4-16-15(9-13)11-27(22(16)30)17-5-6-18(28)24-21(17)29/h3-4,7-10,12,17H,5-6,11H2,1-2H3,(H,24,28,29). The normalized spacial score (nSPS) is 18.7. The molecule has 1 saturated heterocycles. The zero-order valence-corrected chi connectivity index (χ0v) is 16.8. The SMILES string of the molecule is Cn1ccc(-c2c(-c3ccc4c(c3)CN(C3CCC(=O)NC3=O)C4=O)ncn2C)c1. The second kappa shape index (κ2) is 6.69. The molecule has 5 rings (SSSR count). The summed E-state index contributed by atoms with van der Waals surface area (Å²) < 4.78 is 3.98. The third-order valence-corrected chi connectivity index (χ3v) is 5.84. The van der Waals surface area contributed by atoms with E-state index in [0.29, 0.717) is 18.5 Å². The molecule has 30 heavy (non-hydrogen) atoms. The van der Waals surface area contributed by atoms with Crippen molar-refractivity contribution in [1.82, 2.24) is 24.3 Å². The highest BCUT2D eigenvalue weighted by Crippen LogP contribution is 2.35. The maximum Gasteiger partial charge on any atom is 0.255 e. The quantitative estimate of drug-likeness (QED) is 0.676. The highest BCUT2D eigenvalue weighted by atomic mass is 16.2. The van der Waals surface area contributed by atoms with Crippen molar-refractivity contribution in [3.63, 3.8) is 0 Å². The average molecular weight is 403 g/mol. The molecule has 1 atom stereocenters. The Kier molecular flexibility index (Phi) is 4.09. The third-order valence-electron chi connectivity index (χ3n) is 5.84. The number of piperidine rings is 1. The minimum Gasteiger partial charge on any atom is -0.357 e. The van der Waals surface area contributed by atoms with Crippen LogP contribution in [0, 0.1) is 0 Å². The Hall–Kier alpha value is -3.68. The Morgan fingerprint density at radius 3 is 2.67 bits per heavy atom. The summed E-state index contributed by atoms with van der Waals surface area (Å²) in [4.78, 5) is 42.8. The third kappa shape index (κ3) is 2.83. The lowest BCUT2D eigenvalue weighted by molar-refractivity contribution is -0.136. The molecule has 3 aromatic rings. The molecule has 0 aliphatic carbocycles. The molecular formula is C22H21N5O3. The molecule has 0 saturated carbocycles. The van der Waals surface area contributed by atoms with Crippen LogP contribution in [0.3, 0.4) is 0 Å². The van der Waals surface area contributed by atoms with Crippen LogP contribution in [0.5, 0.6) is 0 Å². The van der Waals surface area contributed by atoms with Gasteiger partial charge in [0.2, 0.25) is 11.8 Å². The van der Waals surface area contributed by atoms with Crippen molar-refractivity contribution in [2.24, 2.45) is 14.1 Å². The van der Waals surface area contributed by atoms with E-state index < -0.39 is 11.9 Å². The average Bonchev–Trinajstić information content (AvgIpc) is 3.39. The maximum absolute atomic E-state index is 12.9. The van der Waals surface area contributed by atoms with Crippen LogP contribution in [0.1, 0.15) is 28.8 Å². The Balaban J connectivity index is 1.49. The monoisotopic (exact) mass is 403 g/mol. The lowest BCUT2D eigenvalue weighted by Crippen LogP contribution is -2.52. The molecule has 2 aromatic heterocycles. The summed E-state index contributed by atoms with van der Waals surface area (Å²) in [5.74, 6) is -0.856. The molecule has 1 aromatic carbocycles. The summed E-state index contributed by atoms with van der Waals surface area (Å²) >= 11 is 0. The first-order chi connectivity index (χ1) is 14.4. The molecule has 2 aliphatic heterocycles. The van der Waals surface area contributed by atoms with Gasteiger partial charge in [-0.15, -0.1) is 0 Å². The van der Waals surface area contributed by atoms with Crippen LogP contribution >= 0.6 is 0 Å². The van der Waals surface area contributed by atoms with Gasteiger partial charge in [-0.2, -0.15) is 0 Å². The van der Waals surface area contributed by atoms with E-state index in [0.717, 1.165) is 28.1 Å². The number of hydrogen-bond acceptors (Lipinski definition) is 4. The van der Waals surface area contributed by atoms with E-state index in [1.54, 1.807) is 11.2 Å². The minimum absolute atomic E-state index is 0.171. The number of aryl methyl sites for hydroxylation is 2. The summed E-state index contributed by atoms with van der Waals surface area (Å²) in [6.45, 7) is 0.349. The number of nitrogens with zero attached hydrogens (tertiary/aromatic N) is 4. The first-order valence-corrected chi connectivity index (χ1v) is 9.84. The molecular weight excluding hydrogens is 382 g/mol. The fourth-order valence-corrected chi connectivity index (χ4v) is 4.35. The van der Waals surface area contributed by atoms with Crippen molar-refractivity contribution < 1.29 is 14.4 Å². The van der Waals surface area contributed by atoms with Gasteiger partial charge in [0.25, 0.3) is 5.91 Å². The number of aromatic nitrogens is 3. The van der Waals surface area contributed by atoms with Gasteiger partial charge in [0, 0.05) is 56.1 Å². The van der Waals surface area contributed by atoms with Crippen LogP contribution in [0.4, 0.5) is 0 Å². The molecule has 152 valence electrons. The number of hydrogen-bond donors (Lipinski definition) is 1. The number of nitrogens with one attached hydrogen (secondary N) is 1. The van der Waals surface area contributed by atoms with E-state index in [1.165, 1.54) is 0 Å². The van der Waals surface area contributed by atoms with Gasteiger partial charge >= 0.3 is 0 Å². The number of imidazole rings is 1. The highest BCUT2D eigenvalue weighted by Gasteiger charge is 2.39. The van der Waals surface area contributed by atoms with Crippen molar-refractivity contribution in [2.75, 3.05) is 0 Å². The zero-order chi connectivity index (χ0) is 21.0. The molecule has 2 aliphatic rings. The summed E-state index contributed by atoms with van der Waals surface area (Å²) in [6.07, 6.45) is 6.42. The summed E-state index contributed by atoms with van der Waals surface area (Å²) in [7, 11) is 3.94. The molecule has 4 heterocycles. The van der Waals surface area contributed by atoms with Crippen molar-refractivity contribution in [2.45, 2.75) is 25.4 Å². The van der Waals surface area contributed by atoms with Crippen molar-refractivity contribution in [1.29, 1.82) is 0 Å². The fraction of sp³-hybridized carbons (Fsp3) is 0.273. The molecule has 0 spiro atoms. The predicted octanol–water partition coefficient (Wildman–Crippen LogP) is 1.85. The summed E-state index contributed by atoms with van der Waals surface area (Å²) in [5, 5.41) is 2.33. The number of carbonyl (C=O) groups is 3. The molecule has 8 heteroatoms. The van der Waals surface area contributed by atoms with Crippen LogP contribution in [0.15, 0.2) is 43.0 Å². The summed E-state index contributed by atoms with van der Waals surface area (Å²) in [6, 6.07) is 7.12. The Morgan fingerprint density at radius 1 is 1.10 bits per heavy atom. The van der Waals surface area contributed by atoms with Crippen LogP contribution in [-0.2, 0) is 30.2 Å². The first-order valence-electron chi connectivity index (χ1n) is 9.84. The van der Waals surface area contributed by atoms with Crippen LogP contribution in [0.25, 0.3) is 22.5 Å². The lowest BCUT2D eigenvalue weighted by Gasteiger charge is -2.29. The lowest BCUT2D eigenvalue weighted by atomic mass is 10.0. The Morgan fingerprint density at radius 2 is 1.93 bits per heavy atom. The predicted molar refractivity (Wildman–Crippen MR) is 109 cm³/mol. The van der Waals surface area contributed by atoms with E-state index in [9.17, 15) is 14.4 Å². The van der Waals surface area contributed by atoms with Gasteiger partial charge in [-0.1, -0.05) is 6.07 Å². The molecule has 0 radical (unpaired) electrons. The van der Waals surface area contributed by atoms with Gasteiger partial charge < -0.3 is 14.0 Å². The largest absolute Gasteiger partial charge is 0.357 e. The van der Waals surface area contributed by atoms with E-state index in [2.05, 4.69) is 10.3 Å². The number of imide groups is 1. The van der Waals surface area contributed by atoms with E-state index >= 15 is 0 Å². The molecule has 1 unspecified atom stereocenters. The van der Waals surface area contributed by atoms with Crippen molar-refractivity contribution >= 4 is 17.7 Å². The van der Waals surface area contributed by atoms with Gasteiger partial charge in [-0.05, 0) is 30.2 Å². The van der Waals surface area contributed by atoms with E-state index in [-0.39, 0.29) is 18.2 Å². The van der Waals surface area contributed by atoms with Gasteiger partial charge in [-0.3, -0.25) is 19.7 Å². The van der Waals surface area contributed by atoms with Gasteiger partial charge in [0.05, 0.1) is 17.7 Å². The molecule has 8 nitrogen and oxygen atoms in total. The van der Waals surface area contributed by atoms with Gasteiger partial charge in [0.1, 0.15) is 6.04 Å². The highest BCUT2D eigenvalue weighted by molar-refractivity contribution is 6.05. The van der Waals surface area contributed by atoms with Gasteiger partial charge in [0.15, 0.2) is 0 Å². The van der Waals surface area contributed by atoms with Crippen LogP contribution < -0.4 is 5.32 Å². The van der Waals surface area contributed by atoms with Crippen LogP contribution in [0.2, 0.25) is 0 Å². The number of benzene rings is 1. The second-order valence-corrected chi connectivity index (χ2v) is 7.89. The smallest absolute Gasteiger partial charge is 0.255 e.